The molecule has 1 rings (SSSR count). The Morgan fingerprint density at radius 2 is 2.56 bits per heavy atom. The minimum absolute atomic E-state index is 0.0204. The molecule has 5 heteroatoms. The minimum atomic E-state index is -0.0204. The van der Waals surface area contributed by atoms with Gasteiger partial charge in [-0.25, -0.2) is 4.98 Å². The highest BCUT2D eigenvalue weighted by Crippen LogP contribution is 1.78. The molecule has 0 aliphatic rings. The third kappa shape index (κ3) is 1.69. The summed E-state index contributed by atoms with van der Waals surface area (Å²) < 4.78 is 1.32. The molecule has 1 aromatic rings. The highest BCUT2D eigenvalue weighted by atomic mass is 32.1. The molecule has 2 N–H and O–H groups in total. The van der Waals surface area contributed by atoms with E-state index in [9.17, 15) is 0 Å². The molecule has 0 aromatic carbocycles. The second-order valence-electron chi connectivity index (χ2n) is 1.33. The molecule has 0 aliphatic carbocycles. The number of aromatic nitrogens is 2. The largest absolute Gasteiger partial charge is 0.358 e. The van der Waals surface area contributed by atoms with E-state index in [1.165, 1.54) is 11.1 Å². The summed E-state index contributed by atoms with van der Waals surface area (Å²) in [4.78, 5) is 8.42. The van der Waals surface area contributed by atoms with E-state index in [2.05, 4.69) is 17.2 Å². The number of hydrogen-bond acceptors (Lipinski definition) is 3. The topological polar surface area (TPSA) is 53.1 Å². The Morgan fingerprint density at radius 1 is 1.78 bits per heavy atom. The van der Waals surface area contributed by atoms with Crippen LogP contribution < -0.4 is 10.6 Å². The van der Waals surface area contributed by atoms with Crippen LogP contribution in [-0.4, -0.2) is 14.9 Å². The maximum absolute atomic E-state index is 5.04. The molecule has 0 saturated heterocycles. The van der Waals surface area contributed by atoms with Gasteiger partial charge in [-0.1, -0.05) is 0 Å². The summed E-state index contributed by atoms with van der Waals surface area (Å²) >= 11 is 4.45. The number of hydrogen-bond donors (Lipinski definition) is 1. The predicted molar refractivity (Wildman–Crippen MR) is 35.6 cm³/mol. The van der Waals surface area contributed by atoms with E-state index in [0.717, 1.165) is 0 Å². The summed E-state index contributed by atoms with van der Waals surface area (Å²) in [6, 6.07) is 0. The normalized spacial score (nSPS) is 8.89. The lowest BCUT2D eigenvalue weighted by atomic mass is 11.0. The van der Waals surface area contributed by atoms with Gasteiger partial charge in [0.05, 0.1) is 6.20 Å². The van der Waals surface area contributed by atoms with Crippen LogP contribution in [0.15, 0.2) is 18.7 Å². The third-order valence-electron chi connectivity index (χ3n) is 0.676. The number of nitrogens with two attached hydrogens (primary N) is 1. The molecule has 0 amide bonds. The van der Waals surface area contributed by atoms with Crippen LogP contribution >= 0.6 is 12.2 Å². The van der Waals surface area contributed by atoms with Crippen molar-refractivity contribution in [2.75, 3.05) is 0 Å². The van der Waals surface area contributed by atoms with E-state index in [0.29, 0.717) is 0 Å². The third-order valence-corrected chi connectivity index (χ3v) is 0.750. The van der Waals surface area contributed by atoms with Crippen LogP contribution in [-0.2, 0) is 0 Å². The van der Waals surface area contributed by atoms with E-state index in [4.69, 9.17) is 10.6 Å². The van der Waals surface area contributed by atoms with Gasteiger partial charge in [-0.05, 0) is 12.2 Å². The summed E-state index contributed by atoms with van der Waals surface area (Å²) in [5.74, 6) is 0. The molecule has 0 saturated carbocycles. The van der Waals surface area contributed by atoms with Gasteiger partial charge in [-0.15, -0.1) is 0 Å². The lowest BCUT2D eigenvalue weighted by Gasteiger charge is -1.98. The zero-order chi connectivity index (χ0) is 6.69. The van der Waals surface area contributed by atoms with Crippen LogP contribution in [0.2, 0.25) is 0 Å². The van der Waals surface area contributed by atoms with Gasteiger partial charge in [0, 0.05) is 6.20 Å². The van der Waals surface area contributed by atoms with Crippen molar-refractivity contribution < 1.29 is 4.84 Å². The minimum Gasteiger partial charge on any atom is -0.358 e. The van der Waals surface area contributed by atoms with E-state index < -0.39 is 0 Å². The number of nitrogens with zero attached hydrogens (tertiary/aromatic N) is 2. The van der Waals surface area contributed by atoms with Crippen molar-refractivity contribution in [2.45, 2.75) is 0 Å². The Labute approximate surface area is 57.2 Å². The molecular weight excluding hydrogens is 138 g/mol. The molecule has 48 valence electrons. The first-order valence-electron chi connectivity index (χ1n) is 2.25. The van der Waals surface area contributed by atoms with Crippen LogP contribution in [0, 0.1) is 0 Å². The Hall–Kier alpha value is -1.10. The molecule has 9 heavy (non-hydrogen) atoms. The molecule has 4 nitrogen and oxygen atoms in total. The van der Waals surface area contributed by atoms with Crippen molar-refractivity contribution >= 4 is 17.4 Å². The predicted octanol–water partition coefficient (Wildman–Crippen LogP) is -0.445. The van der Waals surface area contributed by atoms with Crippen LogP contribution in [0.1, 0.15) is 0 Å². The Balaban J connectivity index is 2.58. The van der Waals surface area contributed by atoms with Crippen molar-refractivity contribution in [1.82, 2.24) is 9.71 Å². The summed E-state index contributed by atoms with van der Waals surface area (Å²) in [7, 11) is 0. The van der Waals surface area contributed by atoms with Crippen LogP contribution in [0.4, 0.5) is 0 Å². The number of imidazole rings is 1. The standard InChI is InChI=1S/C4H5N3OS/c5-4(9)8-7-2-1-6-3-7/h1-3H,(H2,5,9). The Kier molecular flexibility index (Phi) is 1.64. The van der Waals surface area contributed by atoms with Gasteiger partial charge < -0.3 is 10.6 Å². The average Bonchev–Trinajstić information content (AvgIpc) is 2.15. The molecule has 0 radical (unpaired) electrons. The van der Waals surface area contributed by atoms with E-state index in [1.54, 1.807) is 12.4 Å². The molecule has 0 fully saturated rings. The van der Waals surface area contributed by atoms with Gasteiger partial charge in [-0.3, -0.25) is 0 Å². The quantitative estimate of drug-likeness (QED) is 0.541. The molecule has 0 bridgehead atoms. The zero-order valence-corrected chi connectivity index (χ0v) is 5.34. The first-order valence-corrected chi connectivity index (χ1v) is 2.65. The van der Waals surface area contributed by atoms with E-state index in [1.807, 2.05) is 0 Å². The average molecular weight is 143 g/mol. The van der Waals surface area contributed by atoms with Crippen molar-refractivity contribution in [3.8, 4) is 0 Å². The summed E-state index contributed by atoms with van der Waals surface area (Å²) in [6.45, 7) is 0. The van der Waals surface area contributed by atoms with E-state index in [-0.39, 0.29) is 5.17 Å². The lowest BCUT2D eigenvalue weighted by molar-refractivity contribution is 0.265. The van der Waals surface area contributed by atoms with Crippen LogP contribution in [0.5, 0.6) is 0 Å². The fourth-order valence-electron chi connectivity index (χ4n) is 0.405. The Morgan fingerprint density at radius 3 is 3.00 bits per heavy atom. The Bertz CT molecular complexity index is 196. The highest BCUT2D eigenvalue weighted by Gasteiger charge is 1.88. The zero-order valence-electron chi connectivity index (χ0n) is 4.52. The first kappa shape index (κ1) is 6.03. The van der Waals surface area contributed by atoms with Gasteiger partial charge in [-0.2, -0.15) is 4.73 Å². The monoisotopic (exact) mass is 143 g/mol. The van der Waals surface area contributed by atoms with Gasteiger partial charge >= 0.3 is 0 Å². The van der Waals surface area contributed by atoms with Gasteiger partial charge in [0.2, 0.25) is 0 Å². The van der Waals surface area contributed by atoms with Gasteiger partial charge in [0.1, 0.15) is 6.33 Å². The van der Waals surface area contributed by atoms with Crippen molar-refractivity contribution in [1.29, 1.82) is 0 Å². The van der Waals surface area contributed by atoms with Crippen LogP contribution in [0.3, 0.4) is 0 Å². The molecule has 0 atom stereocenters. The molecular formula is C4H5N3OS. The van der Waals surface area contributed by atoms with E-state index >= 15 is 0 Å². The first-order chi connectivity index (χ1) is 4.29. The molecule has 1 heterocycles. The number of rotatable bonds is 1. The highest BCUT2D eigenvalue weighted by molar-refractivity contribution is 7.80. The summed E-state index contributed by atoms with van der Waals surface area (Å²) in [5, 5.41) is -0.0204. The smallest absolute Gasteiger partial charge is 0.284 e. The molecule has 0 aliphatic heterocycles. The summed E-state index contributed by atoms with van der Waals surface area (Å²) in [6.07, 6.45) is 4.62. The van der Waals surface area contributed by atoms with Crippen molar-refractivity contribution in [2.24, 2.45) is 5.73 Å². The second-order valence-corrected chi connectivity index (χ2v) is 1.74. The maximum atomic E-state index is 5.04. The molecule has 1 aromatic heterocycles. The van der Waals surface area contributed by atoms with Gasteiger partial charge in [0.25, 0.3) is 5.17 Å². The van der Waals surface area contributed by atoms with Gasteiger partial charge in [0.15, 0.2) is 0 Å². The lowest BCUT2D eigenvalue weighted by Crippen LogP contribution is -2.23. The van der Waals surface area contributed by atoms with Crippen molar-refractivity contribution in [3.05, 3.63) is 18.7 Å². The van der Waals surface area contributed by atoms with Crippen molar-refractivity contribution in [3.63, 3.8) is 0 Å². The van der Waals surface area contributed by atoms with Crippen LogP contribution in [0.25, 0.3) is 0 Å². The maximum Gasteiger partial charge on any atom is 0.284 e. The summed E-state index contributed by atoms with van der Waals surface area (Å²) in [5.41, 5.74) is 5.04. The SMILES string of the molecule is NC(=S)On1ccnc1. The number of thiocarbonyl (C=S) groups is 1. The fourth-order valence-corrected chi connectivity index (χ4v) is 0.491. The molecule has 0 spiro atoms. The fraction of sp³-hybridized carbons (Fsp3) is 0. The molecule has 0 unspecified atom stereocenters. The second kappa shape index (κ2) is 2.45.